The van der Waals surface area contributed by atoms with Crippen molar-refractivity contribution in [2.75, 3.05) is 43.8 Å². The third-order valence-electron chi connectivity index (χ3n) is 7.46. The second-order valence-electron chi connectivity index (χ2n) is 9.99. The van der Waals surface area contributed by atoms with E-state index < -0.39 is 0 Å². The number of amides is 2. The molecule has 0 radical (unpaired) electrons. The van der Waals surface area contributed by atoms with E-state index in [2.05, 4.69) is 28.6 Å². The van der Waals surface area contributed by atoms with Crippen molar-refractivity contribution in [1.82, 2.24) is 19.4 Å². The largest absolute Gasteiger partial charge is 0.339 e. The van der Waals surface area contributed by atoms with Gasteiger partial charge in [0.2, 0.25) is 11.8 Å². The molecule has 2 aromatic rings. The predicted molar refractivity (Wildman–Crippen MR) is 142 cm³/mol. The first-order valence-electron chi connectivity index (χ1n) is 12.9. The van der Waals surface area contributed by atoms with Gasteiger partial charge < -0.3 is 14.8 Å². The van der Waals surface area contributed by atoms with Crippen LogP contribution in [0.2, 0.25) is 0 Å². The maximum absolute atomic E-state index is 13.0. The number of carbonyl (C=O) groups is 2. The van der Waals surface area contributed by atoms with Gasteiger partial charge in [0, 0.05) is 43.6 Å². The minimum Gasteiger partial charge on any atom is -0.339 e. The van der Waals surface area contributed by atoms with Crippen molar-refractivity contribution in [3.8, 4) is 0 Å². The fraction of sp³-hybridized carbons (Fsp3) is 0.593. The van der Waals surface area contributed by atoms with Gasteiger partial charge in [-0.3, -0.25) is 14.5 Å². The van der Waals surface area contributed by atoms with Gasteiger partial charge in [0.05, 0.1) is 18.0 Å². The quantitative estimate of drug-likeness (QED) is 0.571. The van der Waals surface area contributed by atoms with E-state index in [-0.39, 0.29) is 11.8 Å². The molecule has 1 aromatic heterocycles. The smallest absolute Gasteiger partial charge is 0.238 e. The summed E-state index contributed by atoms with van der Waals surface area (Å²) in [6.45, 7) is 11.3. The molecule has 1 saturated carbocycles. The summed E-state index contributed by atoms with van der Waals surface area (Å²) in [6.07, 6.45) is 6.28. The van der Waals surface area contributed by atoms with E-state index in [0.717, 1.165) is 27.7 Å². The van der Waals surface area contributed by atoms with Crippen LogP contribution in [0.3, 0.4) is 0 Å². The molecule has 0 bridgehead atoms. The number of thioether (sulfide) groups is 1. The van der Waals surface area contributed by atoms with Crippen molar-refractivity contribution >= 4 is 29.3 Å². The average molecular weight is 498 g/mol. The second-order valence-corrected chi connectivity index (χ2v) is 10.9. The van der Waals surface area contributed by atoms with E-state index in [1.165, 1.54) is 37.8 Å². The van der Waals surface area contributed by atoms with Crippen LogP contribution in [0.4, 0.5) is 5.69 Å². The van der Waals surface area contributed by atoms with Crippen LogP contribution in [0.25, 0.3) is 0 Å². The number of para-hydroxylation sites is 1. The molecule has 1 aliphatic heterocycles. The van der Waals surface area contributed by atoms with Gasteiger partial charge >= 0.3 is 0 Å². The van der Waals surface area contributed by atoms with Crippen LogP contribution >= 0.6 is 11.8 Å². The summed E-state index contributed by atoms with van der Waals surface area (Å²) in [5.41, 5.74) is 5.35. The Labute approximate surface area is 213 Å². The minimum atomic E-state index is -0.00183. The highest BCUT2D eigenvalue weighted by Crippen LogP contribution is 2.34. The molecular weight excluding hydrogens is 458 g/mol. The molecule has 0 atom stereocenters. The zero-order valence-corrected chi connectivity index (χ0v) is 22.4. The number of nitrogens with one attached hydrogen (secondary N) is 1. The van der Waals surface area contributed by atoms with E-state index in [4.69, 9.17) is 4.98 Å². The van der Waals surface area contributed by atoms with E-state index >= 15 is 0 Å². The van der Waals surface area contributed by atoms with Crippen LogP contribution in [-0.4, -0.2) is 69.6 Å². The van der Waals surface area contributed by atoms with Crippen LogP contribution in [0.15, 0.2) is 23.4 Å². The van der Waals surface area contributed by atoms with Gasteiger partial charge in [-0.25, -0.2) is 4.98 Å². The fourth-order valence-electron chi connectivity index (χ4n) is 5.23. The lowest BCUT2D eigenvalue weighted by Gasteiger charge is -2.34. The highest BCUT2D eigenvalue weighted by Gasteiger charge is 2.25. The molecule has 35 heavy (non-hydrogen) atoms. The summed E-state index contributed by atoms with van der Waals surface area (Å²) in [5, 5.41) is 4.05. The van der Waals surface area contributed by atoms with Gasteiger partial charge in [-0.15, -0.1) is 0 Å². The van der Waals surface area contributed by atoms with Gasteiger partial charge in [-0.2, -0.15) is 0 Å². The standard InChI is InChI=1S/C27H39N5O2S/c1-19-9-8-10-20(2)26(19)29-24(33)17-30-13-15-31(16-14-30)25(34)18-35-27-28-21(3)22(4)32(27)23-11-6-5-7-12-23/h8-10,23H,5-7,11-18H2,1-4H3,(H,29,33). The van der Waals surface area contributed by atoms with E-state index in [1.54, 1.807) is 11.8 Å². The molecule has 4 rings (SSSR count). The monoisotopic (exact) mass is 497 g/mol. The molecule has 2 heterocycles. The normalized spacial score (nSPS) is 17.5. The van der Waals surface area contributed by atoms with Crippen LogP contribution in [0.1, 0.15) is 60.7 Å². The van der Waals surface area contributed by atoms with Crippen molar-refractivity contribution in [3.05, 3.63) is 40.7 Å². The maximum atomic E-state index is 13.0. The van der Waals surface area contributed by atoms with Crippen LogP contribution in [-0.2, 0) is 9.59 Å². The molecule has 2 fully saturated rings. The number of aromatic nitrogens is 2. The first kappa shape index (κ1) is 25.8. The van der Waals surface area contributed by atoms with Gasteiger partial charge in [-0.1, -0.05) is 49.2 Å². The van der Waals surface area contributed by atoms with E-state index in [0.29, 0.717) is 44.5 Å². The summed E-state index contributed by atoms with van der Waals surface area (Å²) in [7, 11) is 0. The molecule has 1 N–H and O–H groups in total. The Morgan fingerprint density at radius 1 is 1.00 bits per heavy atom. The summed E-state index contributed by atoms with van der Waals surface area (Å²) in [5.74, 6) is 0.566. The molecule has 2 aliphatic rings. The molecule has 0 spiro atoms. The number of piperazine rings is 1. The zero-order chi connectivity index (χ0) is 24.9. The first-order chi connectivity index (χ1) is 16.8. The number of nitrogens with zero attached hydrogens (tertiary/aromatic N) is 4. The van der Waals surface area contributed by atoms with Gasteiger partial charge in [0.1, 0.15) is 0 Å². The van der Waals surface area contributed by atoms with Crippen LogP contribution in [0.5, 0.6) is 0 Å². The van der Waals surface area contributed by atoms with Crippen molar-refractivity contribution < 1.29 is 9.59 Å². The van der Waals surface area contributed by atoms with Gasteiger partial charge in [-0.05, 0) is 51.7 Å². The Bertz CT molecular complexity index is 1030. The van der Waals surface area contributed by atoms with Crippen molar-refractivity contribution in [2.24, 2.45) is 0 Å². The molecule has 2 amide bonds. The maximum Gasteiger partial charge on any atom is 0.238 e. The predicted octanol–water partition coefficient (Wildman–Crippen LogP) is 4.50. The fourth-order valence-corrected chi connectivity index (χ4v) is 6.30. The molecule has 1 aliphatic carbocycles. The first-order valence-corrected chi connectivity index (χ1v) is 13.9. The number of carbonyl (C=O) groups excluding carboxylic acids is 2. The van der Waals surface area contributed by atoms with Crippen molar-refractivity contribution in [1.29, 1.82) is 0 Å². The zero-order valence-electron chi connectivity index (χ0n) is 21.6. The highest BCUT2D eigenvalue weighted by atomic mass is 32.2. The highest BCUT2D eigenvalue weighted by molar-refractivity contribution is 7.99. The van der Waals surface area contributed by atoms with Crippen molar-refractivity contribution in [3.63, 3.8) is 0 Å². The molecule has 0 unspecified atom stereocenters. The van der Waals surface area contributed by atoms with E-state index in [9.17, 15) is 9.59 Å². The Hall–Kier alpha value is -2.32. The lowest BCUT2D eigenvalue weighted by molar-refractivity contribution is -0.130. The number of rotatable bonds is 7. The van der Waals surface area contributed by atoms with Gasteiger partial charge in [0.15, 0.2) is 5.16 Å². The summed E-state index contributed by atoms with van der Waals surface area (Å²) in [6, 6.07) is 6.53. The number of benzene rings is 1. The van der Waals surface area contributed by atoms with Gasteiger partial charge in [0.25, 0.3) is 0 Å². The average Bonchev–Trinajstić information content (AvgIpc) is 3.14. The second kappa shape index (κ2) is 11.6. The minimum absolute atomic E-state index is 0.00183. The Morgan fingerprint density at radius 2 is 1.66 bits per heavy atom. The Kier molecular flexibility index (Phi) is 8.55. The number of aryl methyl sites for hydroxylation is 3. The third kappa shape index (κ3) is 6.28. The SMILES string of the molecule is Cc1cccc(C)c1NC(=O)CN1CCN(C(=O)CSc2nc(C)c(C)n2C2CCCCC2)CC1. The molecular formula is C27H39N5O2S. The Morgan fingerprint density at radius 3 is 2.31 bits per heavy atom. The number of hydrogen-bond donors (Lipinski definition) is 1. The van der Waals surface area contributed by atoms with Crippen LogP contribution in [0, 0.1) is 27.7 Å². The third-order valence-corrected chi connectivity index (χ3v) is 8.39. The topological polar surface area (TPSA) is 70.5 Å². The number of anilines is 1. The summed E-state index contributed by atoms with van der Waals surface area (Å²) >= 11 is 1.58. The van der Waals surface area contributed by atoms with Crippen LogP contribution < -0.4 is 5.32 Å². The lowest BCUT2D eigenvalue weighted by atomic mass is 9.95. The molecule has 190 valence electrons. The molecule has 7 nitrogen and oxygen atoms in total. The van der Waals surface area contributed by atoms with E-state index in [1.807, 2.05) is 36.9 Å². The Balaban J connectivity index is 1.25. The molecule has 1 aromatic carbocycles. The number of hydrogen-bond acceptors (Lipinski definition) is 5. The summed E-state index contributed by atoms with van der Waals surface area (Å²) < 4.78 is 2.39. The molecule has 8 heteroatoms. The molecule has 1 saturated heterocycles. The summed E-state index contributed by atoms with van der Waals surface area (Å²) in [4.78, 5) is 34.4. The number of imidazole rings is 1. The van der Waals surface area contributed by atoms with Crippen molar-refractivity contribution in [2.45, 2.75) is 71.0 Å². The lowest BCUT2D eigenvalue weighted by Crippen LogP contribution is -2.51.